The van der Waals surface area contributed by atoms with E-state index in [4.69, 9.17) is 4.42 Å². The van der Waals surface area contributed by atoms with E-state index < -0.39 is 0 Å². The molecule has 0 spiro atoms. The van der Waals surface area contributed by atoms with Crippen molar-refractivity contribution < 1.29 is 4.42 Å². The van der Waals surface area contributed by atoms with Crippen molar-refractivity contribution in [1.82, 2.24) is 14.1 Å². The van der Waals surface area contributed by atoms with Gasteiger partial charge in [0.05, 0.1) is 6.20 Å². The first-order valence-corrected chi connectivity index (χ1v) is 8.77. The van der Waals surface area contributed by atoms with Crippen molar-refractivity contribution in [2.24, 2.45) is 14.1 Å². The second-order valence-electron chi connectivity index (χ2n) is 7.01. The zero-order valence-corrected chi connectivity index (χ0v) is 14.6. The van der Waals surface area contributed by atoms with Crippen LogP contribution in [0.15, 0.2) is 26.3 Å². The molecule has 2 fully saturated rings. The van der Waals surface area contributed by atoms with Crippen LogP contribution in [0.25, 0.3) is 0 Å². The van der Waals surface area contributed by atoms with Crippen molar-refractivity contribution in [3.8, 4) is 0 Å². The maximum atomic E-state index is 12.1. The Labute approximate surface area is 145 Å². The molecule has 8 nitrogen and oxygen atoms in total. The molecule has 1 saturated heterocycles. The van der Waals surface area contributed by atoms with Crippen LogP contribution in [0.3, 0.4) is 0 Å². The van der Waals surface area contributed by atoms with E-state index in [0.29, 0.717) is 24.3 Å². The number of oxazole rings is 1. The lowest BCUT2D eigenvalue weighted by Crippen LogP contribution is -2.40. The first-order valence-electron chi connectivity index (χ1n) is 8.77. The van der Waals surface area contributed by atoms with Gasteiger partial charge in [0.25, 0.3) is 11.6 Å². The fourth-order valence-electron chi connectivity index (χ4n) is 3.52. The van der Waals surface area contributed by atoms with Gasteiger partial charge >= 0.3 is 5.69 Å². The van der Waals surface area contributed by atoms with Gasteiger partial charge in [0.1, 0.15) is 11.6 Å². The van der Waals surface area contributed by atoms with E-state index in [0.717, 1.165) is 23.3 Å². The smallest absolute Gasteiger partial charge is 0.332 e. The largest absolute Gasteiger partial charge is 0.428 e. The highest BCUT2D eigenvalue weighted by atomic mass is 16.4. The zero-order valence-electron chi connectivity index (χ0n) is 14.6. The van der Waals surface area contributed by atoms with Gasteiger partial charge in [-0.3, -0.25) is 13.9 Å². The van der Waals surface area contributed by atoms with Crippen LogP contribution in [0.2, 0.25) is 0 Å². The van der Waals surface area contributed by atoms with Crippen LogP contribution >= 0.6 is 0 Å². The minimum absolute atomic E-state index is 0.173. The maximum Gasteiger partial charge on any atom is 0.332 e. The summed E-state index contributed by atoms with van der Waals surface area (Å²) in [4.78, 5) is 30.4. The third-order valence-electron chi connectivity index (χ3n) is 5.37. The molecule has 0 aromatic carbocycles. The summed E-state index contributed by atoms with van der Waals surface area (Å²) in [7, 11) is 3.18. The number of nitrogens with zero attached hydrogens (tertiary/aromatic N) is 4. The number of nitrogens with one attached hydrogen (secondary N) is 1. The molecular weight excluding hydrogens is 322 g/mol. The summed E-state index contributed by atoms with van der Waals surface area (Å²) >= 11 is 0. The summed E-state index contributed by atoms with van der Waals surface area (Å²) in [5, 5.41) is 3.33. The molecule has 2 aromatic heterocycles. The van der Waals surface area contributed by atoms with E-state index in [1.165, 1.54) is 36.9 Å². The lowest BCUT2D eigenvalue weighted by Gasteiger charge is -2.22. The molecule has 1 atom stereocenters. The van der Waals surface area contributed by atoms with Crippen molar-refractivity contribution in [2.75, 3.05) is 23.3 Å². The first-order chi connectivity index (χ1) is 12.0. The summed E-state index contributed by atoms with van der Waals surface area (Å²) in [5.74, 6) is 2.15. The van der Waals surface area contributed by atoms with Gasteiger partial charge in [0.15, 0.2) is 0 Å². The monoisotopic (exact) mass is 345 g/mol. The molecule has 0 radical (unpaired) electrons. The molecule has 8 heteroatoms. The Morgan fingerprint density at radius 1 is 1.20 bits per heavy atom. The number of hydrogen-bond acceptors (Lipinski definition) is 6. The van der Waals surface area contributed by atoms with Gasteiger partial charge in [-0.2, -0.15) is 0 Å². The fourth-order valence-corrected chi connectivity index (χ4v) is 3.52. The van der Waals surface area contributed by atoms with Crippen molar-refractivity contribution in [3.05, 3.63) is 38.9 Å². The normalized spacial score (nSPS) is 20.7. The molecule has 0 bridgehead atoms. The Morgan fingerprint density at radius 2 is 2.00 bits per heavy atom. The summed E-state index contributed by atoms with van der Waals surface area (Å²) < 4.78 is 8.45. The second kappa shape index (κ2) is 6.09. The third-order valence-corrected chi connectivity index (χ3v) is 5.37. The van der Waals surface area contributed by atoms with Gasteiger partial charge in [-0.05, 0) is 19.3 Å². The van der Waals surface area contributed by atoms with Crippen LogP contribution in [0, 0.1) is 0 Å². The molecular formula is C17H23N5O3. The van der Waals surface area contributed by atoms with Crippen LogP contribution < -0.4 is 21.5 Å². The summed E-state index contributed by atoms with van der Waals surface area (Å²) in [6, 6.07) is 2.25. The van der Waals surface area contributed by atoms with Gasteiger partial charge in [0, 0.05) is 45.2 Å². The van der Waals surface area contributed by atoms with Crippen LogP contribution in [0.4, 0.5) is 11.8 Å². The minimum atomic E-state index is -0.309. The summed E-state index contributed by atoms with van der Waals surface area (Å²) in [6.07, 6.45) is 6.35. The highest BCUT2D eigenvalue weighted by Gasteiger charge is 2.27. The van der Waals surface area contributed by atoms with Crippen LogP contribution in [0.5, 0.6) is 0 Å². The van der Waals surface area contributed by atoms with E-state index in [9.17, 15) is 9.59 Å². The van der Waals surface area contributed by atoms with Crippen LogP contribution in [-0.4, -0.2) is 33.2 Å². The van der Waals surface area contributed by atoms with Crippen molar-refractivity contribution in [2.45, 2.75) is 37.6 Å². The van der Waals surface area contributed by atoms with E-state index in [1.807, 2.05) is 6.20 Å². The lowest BCUT2D eigenvalue weighted by atomic mass is 9.84. The predicted octanol–water partition coefficient (Wildman–Crippen LogP) is 1.03. The Hall–Kier alpha value is -2.51. The van der Waals surface area contributed by atoms with Crippen molar-refractivity contribution >= 4 is 11.8 Å². The lowest BCUT2D eigenvalue weighted by molar-refractivity contribution is 0.349. The number of anilines is 2. The van der Waals surface area contributed by atoms with Crippen molar-refractivity contribution in [3.63, 3.8) is 0 Å². The highest BCUT2D eigenvalue weighted by Crippen LogP contribution is 2.37. The van der Waals surface area contributed by atoms with Gasteiger partial charge < -0.3 is 14.6 Å². The molecule has 1 N–H and O–H groups in total. The Bertz CT molecular complexity index is 892. The van der Waals surface area contributed by atoms with E-state index >= 15 is 0 Å². The Kier molecular flexibility index (Phi) is 3.89. The summed E-state index contributed by atoms with van der Waals surface area (Å²) in [6.45, 7) is 1.47. The maximum absolute atomic E-state index is 12.1. The van der Waals surface area contributed by atoms with Crippen molar-refractivity contribution in [1.29, 1.82) is 0 Å². The standard InChI is InChI=1S/C17H23N5O3/c1-20-14(8-15(23)21(2)17(20)24)22-7-6-12(10-22)19-16-18-9-13(25-16)11-4-3-5-11/h8-9,11-12H,3-7,10H2,1-2H3,(H,18,19)/t12-/m1/s1. The molecule has 1 aliphatic heterocycles. The molecule has 2 aliphatic rings. The highest BCUT2D eigenvalue weighted by molar-refractivity contribution is 5.41. The van der Waals surface area contributed by atoms with Crippen LogP contribution in [-0.2, 0) is 14.1 Å². The molecule has 3 heterocycles. The average Bonchev–Trinajstić information content (AvgIpc) is 3.18. The molecule has 2 aromatic rings. The Morgan fingerprint density at radius 3 is 2.72 bits per heavy atom. The van der Waals surface area contributed by atoms with E-state index in [1.54, 1.807) is 7.05 Å². The average molecular weight is 345 g/mol. The van der Waals surface area contributed by atoms with E-state index in [-0.39, 0.29) is 17.3 Å². The second-order valence-corrected chi connectivity index (χ2v) is 7.01. The number of hydrogen-bond donors (Lipinski definition) is 1. The quantitative estimate of drug-likeness (QED) is 0.891. The van der Waals surface area contributed by atoms with Gasteiger partial charge in [-0.15, -0.1) is 0 Å². The minimum Gasteiger partial charge on any atom is -0.428 e. The zero-order chi connectivity index (χ0) is 17.6. The molecule has 0 amide bonds. The SMILES string of the molecule is Cn1c(N2CC[C@@H](Nc3ncc(C4CCC4)o3)C2)cc(=O)n(C)c1=O. The predicted molar refractivity (Wildman–Crippen MR) is 94.3 cm³/mol. The first kappa shape index (κ1) is 16.0. The van der Waals surface area contributed by atoms with Gasteiger partial charge in [-0.25, -0.2) is 9.78 Å². The number of aromatic nitrogens is 3. The topological polar surface area (TPSA) is 85.3 Å². The number of rotatable bonds is 4. The van der Waals surface area contributed by atoms with Gasteiger partial charge in [-0.1, -0.05) is 6.42 Å². The van der Waals surface area contributed by atoms with Crippen LogP contribution in [0.1, 0.15) is 37.4 Å². The molecule has 0 unspecified atom stereocenters. The van der Waals surface area contributed by atoms with E-state index in [2.05, 4.69) is 15.2 Å². The molecule has 4 rings (SSSR count). The van der Waals surface area contributed by atoms with Gasteiger partial charge in [0.2, 0.25) is 0 Å². The molecule has 134 valence electrons. The molecule has 1 saturated carbocycles. The summed E-state index contributed by atoms with van der Waals surface area (Å²) in [5.41, 5.74) is -0.593. The fraction of sp³-hybridized carbons (Fsp3) is 0.588. The third kappa shape index (κ3) is 2.85. The molecule has 25 heavy (non-hydrogen) atoms. The Balaban J connectivity index is 1.46. The molecule has 1 aliphatic carbocycles.